The SMILES string of the molecule is C[C@H]1CN(C)C(=O)CN1CCOc1ccc(-c2ccc3cc(-c4cn(C)c(=O)c5[nH]ccc45)ccc3n2)cc1.Cc1ccc(S(=O)(=O)n2ccc3c(-c4ccc5nc(-c6ccc(OCCN7CC(=O)N(C)C[C@@H]7C)cc6)ccc5c4)cn(C)c(=O)c32)cc1.[K+].[OH-]. The smallest absolute Gasteiger partial charge is 0.870 e. The van der Waals surface area contributed by atoms with Crippen LogP contribution < -0.4 is 72.0 Å². The summed E-state index contributed by atoms with van der Waals surface area (Å²) in [5.41, 5.74) is 10.2. The Kier molecular flexibility index (Phi) is 19.6. The van der Waals surface area contributed by atoms with Crippen LogP contribution in [-0.2, 0) is 33.7 Å². The van der Waals surface area contributed by atoms with Crippen LogP contribution in [0.4, 0.5) is 0 Å². The Bertz CT molecular complexity index is 4720. The molecule has 11 aromatic rings. The summed E-state index contributed by atoms with van der Waals surface area (Å²) < 4.78 is 43.3. The van der Waals surface area contributed by atoms with Gasteiger partial charge in [0.15, 0.2) is 0 Å². The molecule has 0 bridgehead atoms. The van der Waals surface area contributed by atoms with Gasteiger partial charge in [0.05, 0.1) is 40.4 Å². The Labute approximate surface area is 563 Å². The zero-order valence-electron chi connectivity index (χ0n) is 51.6. The van der Waals surface area contributed by atoms with Crippen LogP contribution in [0.5, 0.6) is 11.5 Å². The summed E-state index contributed by atoms with van der Waals surface area (Å²) in [6.45, 7) is 10.9. The average molecular weight is 1250 g/mol. The first-order valence-electron chi connectivity index (χ1n) is 29.3. The maximum atomic E-state index is 13.6. The number of fused-ring (bicyclic) bond motifs is 4. The number of piperazine rings is 2. The number of likely N-dealkylation sites (N-methyl/N-ethyl adjacent to an activating group) is 2. The van der Waals surface area contributed by atoms with E-state index in [1.807, 2.05) is 124 Å². The number of hydrogen-bond acceptors (Lipinski definition) is 13. The van der Waals surface area contributed by atoms with Gasteiger partial charge in [-0.05, 0) is 141 Å². The predicted octanol–water partition coefficient (Wildman–Crippen LogP) is 6.43. The first kappa shape index (κ1) is 64.9. The quantitative estimate of drug-likeness (QED) is 0.116. The standard InChI is InChI=1S/C38H37N5O5S.C31H31N5O3.K.H2O/c1-25-5-13-31(14-6-25)49(46,47)43-18-17-32-33(23-41(4)38(45)37(32)43)28-9-15-35-29(21-28)10-16-34(39-35)27-7-11-30(12-8-27)48-20-19-42-24-36(44)40(3)22-26(42)2;1-20-17-34(2)29(37)19-36(20)14-15-39-24-8-4-21(5-9-24)27-11-7-23-16-22(6-10-28(23)33-27)26-18-35(3)31(38)30-25(26)12-13-32-30;;/h5-18,21,23,26H,19-20,22,24H2,1-4H3;4-13,16,18,20,32H,14-15,17,19H2,1-3H3;;1H2/q;;+1;/p-1/t26-;20-;;/m00../s1. The number of H-pyrrole nitrogens is 1. The van der Waals surface area contributed by atoms with Gasteiger partial charge < -0.3 is 38.9 Å². The number of carbonyl (C=O) groups excluding carboxylic acids is 2. The molecule has 2 fully saturated rings. The summed E-state index contributed by atoms with van der Waals surface area (Å²) in [5, 5.41) is 3.41. The summed E-state index contributed by atoms with van der Waals surface area (Å²) in [6, 6.07) is 46.8. The number of nitrogens with one attached hydrogen (secondary N) is 1. The van der Waals surface area contributed by atoms with Crippen molar-refractivity contribution < 1.29 is 84.3 Å². The fourth-order valence-corrected chi connectivity index (χ4v) is 13.1. The van der Waals surface area contributed by atoms with E-state index in [1.54, 1.807) is 71.2 Å². The summed E-state index contributed by atoms with van der Waals surface area (Å²) in [7, 11) is 3.10. The van der Waals surface area contributed by atoms with Crippen molar-refractivity contribution in [3.63, 3.8) is 0 Å². The number of nitrogens with zero attached hydrogens (tertiary/aromatic N) is 9. The van der Waals surface area contributed by atoms with E-state index in [-0.39, 0.29) is 84.6 Å². The fourth-order valence-electron chi connectivity index (χ4n) is 11.7. The monoisotopic (exact) mass is 1250 g/mol. The number of benzene rings is 5. The van der Waals surface area contributed by atoms with E-state index in [2.05, 4.69) is 46.8 Å². The third kappa shape index (κ3) is 13.4. The number of hydrogen-bond donors (Lipinski definition) is 1. The van der Waals surface area contributed by atoms with Crippen molar-refractivity contribution in [2.75, 3.05) is 66.6 Å². The summed E-state index contributed by atoms with van der Waals surface area (Å²) in [6.07, 6.45) is 6.88. The van der Waals surface area contributed by atoms with Crippen LogP contribution >= 0.6 is 0 Å². The number of carbonyl (C=O) groups is 2. The van der Waals surface area contributed by atoms with Crippen molar-refractivity contribution in [3.8, 4) is 56.3 Å². The molecule has 2 aliphatic heterocycles. The van der Waals surface area contributed by atoms with Crippen molar-refractivity contribution in [2.45, 2.75) is 37.8 Å². The van der Waals surface area contributed by atoms with Crippen LogP contribution in [0.25, 0.3) is 88.4 Å². The van der Waals surface area contributed by atoms with Gasteiger partial charge in [0.1, 0.15) is 35.7 Å². The molecule has 2 amide bonds. The number of pyridine rings is 4. The van der Waals surface area contributed by atoms with Gasteiger partial charge in [-0.25, -0.2) is 22.4 Å². The van der Waals surface area contributed by atoms with E-state index in [0.717, 1.165) is 106 Å². The van der Waals surface area contributed by atoms with E-state index < -0.39 is 15.6 Å². The van der Waals surface area contributed by atoms with Gasteiger partial charge in [0.25, 0.3) is 21.1 Å². The second-order valence-electron chi connectivity index (χ2n) is 23.0. The van der Waals surface area contributed by atoms with Crippen LogP contribution in [0.3, 0.4) is 0 Å². The number of ether oxygens (including phenoxy) is 2. The number of aromatic amines is 1. The molecular weight excluding hydrogens is 1180 g/mol. The first-order valence-corrected chi connectivity index (χ1v) is 30.8. The Morgan fingerprint density at radius 2 is 1.02 bits per heavy atom. The van der Waals surface area contributed by atoms with Crippen LogP contribution in [0, 0.1) is 6.92 Å². The van der Waals surface area contributed by atoms with Gasteiger partial charge in [-0.1, -0.05) is 42.0 Å². The second kappa shape index (κ2) is 27.2. The molecule has 0 radical (unpaired) electrons. The average Bonchev–Trinajstić information content (AvgIpc) is 1.54. The number of rotatable bonds is 14. The number of amides is 2. The molecule has 2 atom stereocenters. The summed E-state index contributed by atoms with van der Waals surface area (Å²) >= 11 is 0. The molecule has 90 heavy (non-hydrogen) atoms. The van der Waals surface area contributed by atoms with Gasteiger partial charge in [0.2, 0.25) is 11.8 Å². The minimum absolute atomic E-state index is 0. The molecule has 2 saturated heterocycles. The third-order valence-electron chi connectivity index (χ3n) is 16.9. The molecule has 456 valence electrons. The minimum Gasteiger partial charge on any atom is -0.870 e. The van der Waals surface area contributed by atoms with Crippen LogP contribution in [0.2, 0.25) is 0 Å². The molecule has 0 aliphatic carbocycles. The maximum absolute atomic E-state index is 13.6. The van der Waals surface area contributed by atoms with E-state index in [1.165, 1.54) is 10.8 Å². The van der Waals surface area contributed by atoms with E-state index in [0.29, 0.717) is 62.4 Å². The molecule has 5 aromatic carbocycles. The fraction of sp³-hybridized carbons (Fsp3) is 0.246. The van der Waals surface area contributed by atoms with Crippen molar-refractivity contribution in [1.29, 1.82) is 0 Å². The maximum Gasteiger partial charge on any atom is 1.00 e. The normalized spacial score (nSPS) is 15.6. The topological polar surface area (TPSA) is 220 Å². The molecule has 21 heteroatoms. The van der Waals surface area contributed by atoms with Gasteiger partial charge in [-0.15, -0.1) is 0 Å². The number of aromatic nitrogens is 6. The minimum atomic E-state index is -3.99. The van der Waals surface area contributed by atoms with Crippen molar-refractivity contribution in [2.24, 2.45) is 14.1 Å². The predicted molar refractivity (Wildman–Crippen MR) is 347 cm³/mol. The van der Waals surface area contributed by atoms with Crippen molar-refractivity contribution in [1.82, 2.24) is 47.7 Å². The van der Waals surface area contributed by atoms with Gasteiger partial charge >= 0.3 is 51.4 Å². The van der Waals surface area contributed by atoms with Crippen molar-refractivity contribution in [3.05, 3.63) is 197 Å². The summed E-state index contributed by atoms with van der Waals surface area (Å²) in [4.78, 5) is 70.7. The molecule has 13 rings (SSSR count). The molecule has 8 heterocycles. The molecule has 2 N–H and O–H groups in total. The van der Waals surface area contributed by atoms with E-state index in [4.69, 9.17) is 19.4 Å². The van der Waals surface area contributed by atoms with Crippen LogP contribution in [-0.4, -0.2) is 152 Å². The van der Waals surface area contributed by atoms with Gasteiger partial charge in [-0.3, -0.25) is 29.0 Å². The Morgan fingerprint density at radius 1 is 0.556 bits per heavy atom. The van der Waals surface area contributed by atoms with Gasteiger partial charge in [-0.2, -0.15) is 0 Å². The molecular formula is C69H69KN10O9S. The molecule has 0 spiro atoms. The van der Waals surface area contributed by atoms with E-state index in [9.17, 15) is 27.6 Å². The zero-order valence-corrected chi connectivity index (χ0v) is 55.6. The number of aryl methyl sites for hydroxylation is 3. The second-order valence-corrected chi connectivity index (χ2v) is 24.8. The molecule has 0 unspecified atom stereocenters. The molecule has 6 aromatic heterocycles. The zero-order chi connectivity index (χ0) is 61.5. The van der Waals surface area contributed by atoms with Crippen molar-refractivity contribution >= 4 is 65.4 Å². The molecule has 19 nitrogen and oxygen atoms in total. The van der Waals surface area contributed by atoms with E-state index >= 15 is 0 Å². The largest absolute Gasteiger partial charge is 1.00 e. The van der Waals surface area contributed by atoms with Crippen LogP contribution in [0.15, 0.2) is 185 Å². The van der Waals surface area contributed by atoms with Gasteiger partial charge in [0, 0.05) is 135 Å². The Hall–Kier alpha value is -8.09. The summed E-state index contributed by atoms with van der Waals surface area (Å²) in [5.74, 6) is 1.84. The van der Waals surface area contributed by atoms with Crippen LogP contribution in [0.1, 0.15) is 19.4 Å². The molecule has 2 aliphatic rings. The molecule has 0 saturated carbocycles. The third-order valence-corrected chi connectivity index (χ3v) is 18.6. The first-order chi connectivity index (χ1) is 42.4. The Balaban J connectivity index is 0.000000198. The Morgan fingerprint density at radius 3 is 1.52 bits per heavy atom.